The van der Waals surface area contributed by atoms with Crippen LogP contribution < -0.4 is 11.1 Å². The van der Waals surface area contributed by atoms with Crippen molar-refractivity contribution in [3.05, 3.63) is 61.5 Å². The van der Waals surface area contributed by atoms with E-state index < -0.39 is 0 Å². The van der Waals surface area contributed by atoms with E-state index in [0.29, 0.717) is 46.2 Å². The molecule has 0 radical (unpaired) electrons. The normalized spacial score (nSPS) is 23.6. The fraction of sp³-hybridized carbons (Fsp3) is 0.568. The molecule has 1 saturated heterocycles. The van der Waals surface area contributed by atoms with Crippen LogP contribution >= 0.6 is 20.6 Å². The number of fused-ring (bicyclic) bond motifs is 2. The molecule has 5 atom stereocenters. The molecule has 4 aliphatic rings. The van der Waals surface area contributed by atoms with Gasteiger partial charge in [-0.2, -0.15) is 5.26 Å². The highest BCUT2D eigenvalue weighted by Gasteiger charge is 2.41. The molecule has 47 heavy (non-hydrogen) atoms. The number of thiophene rings is 1. The van der Waals surface area contributed by atoms with Gasteiger partial charge in [-0.25, -0.2) is 9.38 Å². The number of unbranched alkanes of at least 4 members (excludes halogenated alkanes) is 2. The van der Waals surface area contributed by atoms with Gasteiger partial charge in [0.2, 0.25) is 0 Å². The van der Waals surface area contributed by atoms with Crippen molar-refractivity contribution in [2.24, 2.45) is 10.9 Å². The van der Waals surface area contributed by atoms with E-state index in [2.05, 4.69) is 59.4 Å². The smallest absolute Gasteiger partial charge is 0.199 e. The molecule has 4 heterocycles. The molecule has 1 fully saturated rings. The lowest BCUT2D eigenvalue weighted by atomic mass is 9.78. The van der Waals surface area contributed by atoms with E-state index in [-0.39, 0.29) is 18.0 Å². The number of nitrogens with one attached hydrogen (secondary N) is 1. The Labute approximate surface area is 287 Å². The number of hydrogen-bond acceptors (Lipinski definition) is 8. The lowest BCUT2D eigenvalue weighted by Gasteiger charge is -2.36. The number of rotatable bonds is 9. The largest absolute Gasteiger partial charge is 0.393 e. The van der Waals surface area contributed by atoms with Gasteiger partial charge in [0, 0.05) is 29.9 Å². The first-order valence-corrected chi connectivity index (χ1v) is 18.6. The van der Waals surface area contributed by atoms with Crippen molar-refractivity contribution in [1.29, 1.82) is 5.26 Å². The van der Waals surface area contributed by atoms with Gasteiger partial charge in [-0.15, -0.1) is 20.6 Å². The number of allylic oxidation sites excluding steroid dienone is 3. The summed E-state index contributed by atoms with van der Waals surface area (Å²) in [4.78, 5) is 8.25. The predicted molar refractivity (Wildman–Crippen MR) is 199 cm³/mol. The lowest BCUT2D eigenvalue weighted by Crippen LogP contribution is -2.46. The molecular weight excluding hydrogens is 628 g/mol. The Morgan fingerprint density at radius 1 is 1.32 bits per heavy atom. The van der Waals surface area contributed by atoms with E-state index in [1.165, 1.54) is 31.8 Å². The Balaban J connectivity index is 0.000000930. The van der Waals surface area contributed by atoms with Crippen LogP contribution in [0.3, 0.4) is 0 Å². The highest BCUT2D eigenvalue weighted by atomic mass is 32.1. The summed E-state index contributed by atoms with van der Waals surface area (Å²) in [6.45, 7) is 16.1. The summed E-state index contributed by atoms with van der Waals surface area (Å²) in [6, 6.07) is 2.54. The molecule has 3 aliphatic heterocycles. The molecule has 7 nitrogen and oxygen atoms in total. The number of hydrogen-bond donors (Lipinski definition) is 3. The number of nitrogens with zero attached hydrogens (tertiary/aromatic N) is 3. The first kappa shape index (κ1) is 37.1. The second kappa shape index (κ2) is 16.6. The summed E-state index contributed by atoms with van der Waals surface area (Å²) in [5.41, 5.74) is 13.5. The molecule has 10 heteroatoms. The Bertz CT molecular complexity index is 1560. The van der Waals surface area contributed by atoms with Gasteiger partial charge in [-0.1, -0.05) is 58.6 Å². The SMILES string of the molecule is C/C=C(/F)c1sc(N)c(C#N)c1/C(C1=C(P)C2N=C(N3CCC(C)C3CCCCC)NC=C2C2=C1COC2)=C(\C)CC.CCC(C)O. The van der Waals surface area contributed by atoms with E-state index in [0.717, 1.165) is 81.9 Å². The van der Waals surface area contributed by atoms with Crippen molar-refractivity contribution in [2.75, 3.05) is 25.5 Å². The van der Waals surface area contributed by atoms with E-state index in [1.54, 1.807) is 13.8 Å². The topological polar surface area (TPSA) is 107 Å². The van der Waals surface area contributed by atoms with Crippen molar-refractivity contribution < 1.29 is 14.2 Å². The molecule has 1 aromatic rings. The molecule has 5 rings (SSSR count). The number of aliphatic hydroxyl groups excluding tert-OH is 1. The van der Waals surface area contributed by atoms with Crippen molar-refractivity contribution in [3.63, 3.8) is 0 Å². The number of nitriles is 1. The molecule has 5 unspecified atom stereocenters. The predicted octanol–water partition coefficient (Wildman–Crippen LogP) is 8.46. The molecule has 4 N–H and O–H groups in total. The molecule has 1 aliphatic carbocycles. The molecule has 0 amide bonds. The summed E-state index contributed by atoms with van der Waals surface area (Å²) in [5, 5.41) is 23.5. The quantitative estimate of drug-likeness (QED) is 0.178. The van der Waals surface area contributed by atoms with Gasteiger partial charge >= 0.3 is 0 Å². The monoisotopic (exact) mass is 681 g/mol. The van der Waals surface area contributed by atoms with E-state index in [1.807, 2.05) is 6.92 Å². The first-order chi connectivity index (χ1) is 22.5. The van der Waals surface area contributed by atoms with Crippen molar-refractivity contribution in [1.82, 2.24) is 10.2 Å². The van der Waals surface area contributed by atoms with Crippen LogP contribution in [0.15, 0.2) is 50.4 Å². The van der Waals surface area contributed by atoms with Crippen LogP contribution in [0.25, 0.3) is 11.4 Å². The maximum atomic E-state index is 15.4. The van der Waals surface area contributed by atoms with Gasteiger partial charge in [-0.05, 0) is 80.0 Å². The van der Waals surface area contributed by atoms with Crippen molar-refractivity contribution in [3.8, 4) is 6.07 Å². The molecule has 0 saturated carbocycles. The molecule has 0 bridgehead atoms. The number of likely N-dealkylation sites (tertiary alicyclic amines) is 1. The number of aliphatic hydroxyl groups is 1. The number of nitrogens with two attached hydrogens (primary N) is 1. The number of aliphatic imine (C=N–C) groups is 1. The van der Waals surface area contributed by atoms with Gasteiger partial charge in [0.05, 0.1) is 29.8 Å². The third-order valence-corrected chi connectivity index (χ3v) is 11.4. The van der Waals surface area contributed by atoms with E-state index in [9.17, 15) is 5.26 Å². The second-order valence-electron chi connectivity index (χ2n) is 13.0. The minimum atomic E-state index is -0.372. The molecular formula is C37H53FN5O2PS. The highest BCUT2D eigenvalue weighted by molar-refractivity contribution is 7.23. The Morgan fingerprint density at radius 3 is 2.64 bits per heavy atom. The van der Waals surface area contributed by atoms with Crippen LogP contribution in [0.5, 0.6) is 0 Å². The summed E-state index contributed by atoms with van der Waals surface area (Å²) in [7, 11) is 2.98. The van der Waals surface area contributed by atoms with Crippen LogP contribution in [0.2, 0.25) is 0 Å². The van der Waals surface area contributed by atoms with Gasteiger partial charge in [-0.3, -0.25) is 0 Å². The third-order valence-electron chi connectivity index (χ3n) is 9.82. The van der Waals surface area contributed by atoms with E-state index in [4.69, 9.17) is 20.6 Å². The molecule has 0 spiro atoms. The average Bonchev–Trinajstić information content (AvgIpc) is 3.79. The van der Waals surface area contributed by atoms with Gasteiger partial charge in [0.25, 0.3) is 0 Å². The summed E-state index contributed by atoms with van der Waals surface area (Å²) in [6.07, 6.45) is 11.1. The standard InChI is InChI=1S/C33H43FN5OPS.C4H10O/c1-6-9-10-11-25-19(5)12-13-39(25)33-37-15-21-22-16-40-17-23(22)27(30(41)29(21)38-33)26(18(4)7-2)28-20(14-35)32(36)42-31(28)24(34)8-3;1-3-4(2)5/h8,15,19,25,29H,6-7,9-13,16-17,36,41H2,1-5H3,(H,37,38);4-5H,3H2,1-2H3/b24-8+,26-18+;. The van der Waals surface area contributed by atoms with Gasteiger partial charge < -0.3 is 25.8 Å². The van der Waals surface area contributed by atoms with Crippen molar-refractivity contribution >= 4 is 42.9 Å². The summed E-state index contributed by atoms with van der Waals surface area (Å²) < 4.78 is 21.4. The maximum absolute atomic E-state index is 15.4. The van der Waals surface area contributed by atoms with Gasteiger partial charge in [0.15, 0.2) is 5.96 Å². The molecule has 0 aromatic carbocycles. The zero-order chi connectivity index (χ0) is 34.4. The number of halogens is 1. The molecule has 256 valence electrons. The van der Waals surface area contributed by atoms with Crippen molar-refractivity contribution in [2.45, 2.75) is 112 Å². The van der Waals surface area contributed by atoms with Crippen LogP contribution in [-0.2, 0) is 4.74 Å². The number of guanidine groups is 1. The summed E-state index contributed by atoms with van der Waals surface area (Å²) in [5.74, 6) is 1.17. The zero-order valence-corrected chi connectivity index (χ0v) is 31.1. The fourth-order valence-corrected chi connectivity index (χ4v) is 8.32. The van der Waals surface area contributed by atoms with Crippen LogP contribution in [0.1, 0.15) is 109 Å². The first-order valence-electron chi connectivity index (χ1n) is 17.2. The number of anilines is 1. The van der Waals surface area contributed by atoms with Crippen LogP contribution in [0.4, 0.5) is 9.39 Å². The Kier molecular flexibility index (Phi) is 13.1. The highest BCUT2D eigenvalue weighted by Crippen LogP contribution is 2.52. The molecule has 1 aromatic heterocycles. The Hall–Kier alpha value is -2.76. The second-order valence-corrected chi connectivity index (χ2v) is 14.6. The maximum Gasteiger partial charge on any atom is 0.199 e. The van der Waals surface area contributed by atoms with Crippen LogP contribution in [-0.4, -0.2) is 53.9 Å². The van der Waals surface area contributed by atoms with Crippen LogP contribution in [0, 0.1) is 17.2 Å². The minimum absolute atomic E-state index is 0.116. The third kappa shape index (κ3) is 7.62. The summed E-state index contributed by atoms with van der Waals surface area (Å²) >= 11 is 1.14. The minimum Gasteiger partial charge on any atom is -0.393 e. The fourth-order valence-electron chi connectivity index (χ4n) is 6.75. The zero-order valence-electron chi connectivity index (χ0n) is 29.2. The number of nitrogen functional groups attached to an aromatic ring is 1. The Morgan fingerprint density at radius 2 is 2.02 bits per heavy atom. The van der Waals surface area contributed by atoms with Gasteiger partial charge in [0.1, 0.15) is 22.9 Å². The average molecular weight is 682 g/mol. The lowest BCUT2D eigenvalue weighted by molar-refractivity contribution is 0.191. The van der Waals surface area contributed by atoms with E-state index >= 15 is 4.39 Å². The number of ether oxygens (including phenoxy) is 1.